The van der Waals surface area contributed by atoms with Crippen molar-refractivity contribution in [3.63, 3.8) is 0 Å². The molecule has 0 saturated heterocycles. The third kappa shape index (κ3) is 3.72. The Labute approximate surface area is 179 Å². The predicted octanol–water partition coefficient (Wildman–Crippen LogP) is 4.67. The predicted molar refractivity (Wildman–Crippen MR) is 117 cm³/mol. The molecule has 154 valence electrons. The number of benzene rings is 2. The van der Waals surface area contributed by atoms with Crippen molar-refractivity contribution in [1.82, 2.24) is 19.9 Å². The minimum Gasteiger partial charge on any atom is -0.350 e. The minimum absolute atomic E-state index is 0.0848. The SMILES string of the molecule is O=C(NCC1CCc2nc(-c3ccc(F)cc3)c(-c3ccncc3)n21)c1ccccc1. The van der Waals surface area contributed by atoms with E-state index in [-0.39, 0.29) is 17.8 Å². The van der Waals surface area contributed by atoms with Gasteiger partial charge in [-0.25, -0.2) is 9.37 Å². The summed E-state index contributed by atoms with van der Waals surface area (Å²) in [5.74, 6) is 0.617. The molecule has 2 aromatic carbocycles. The second-order valence-electron chi connectivity index (χ2n) is 7.61. The normalized spacial score (nSPS) is 14.9. The zero-order chi connectivity index (χ0) is 21.2. The van der Waals surface area contributed by atoms with Crippen LogP contribution in [0.5, 0.6) is 0 Å². The first kappa shape index (κ1) is 19.2. The van der Waals surface area contributed by atoms with E-state index < -0.39 is 0 Å². The lowest BCUT2D eigenvalue weighted by Crippen LogP contribution is -2.29. The van der Waals surface area contributed by atoms with Gasteiger partial charge in [-0.2, -0.15) is 0 Å². The fourth-order valence-corrected chi connectivity index (χ4v) is 4.16. The summed E-state index contributed by atoms with van der Waals surface area (Å²) >= 11 is 0. The Morgan fingerprint density at radius 1 is 1.00 bits per heavy atom. The summed E-state index contributed by atoms with van der Waals surface area (Å²) in [7, 11) is 0. The van der Waals surface area contributed by atoms with E-state index in [9.17, 15) is 9.18 Å². The highest BCUT2D eigenvalue weighted by molar-refractivity contribution is 5.94. The summed E-state index contributed by atoms with van der Waals surface area (Å²) in [6, 6.07) is 19.6. The summed E-state index contributed by atoms with van der Waals surface area (Å²) in [4.78, 5) is 21.6. The van der Waals surface area contributed by atoms with Gasteiger partial charge in [0.05, 0.1) is 17.4 Å². The number of halogens is 1. The lowest BCUT2D eigenvalue weighted by Gasteiger charge is -2.18. The minimum atomic E-state index is -0.275. The van der Waals surface area contributed by atoms with Crippen LogP contribution in [0.3, 0.4) is 0 Å². The molecule has 0 aliphatic carbocycles. The Balaban J connectivity index is 1.50. The lowest BCUT2D eigenvalue weighted by molar-refractivity contribution is 0.0948. The fraction of sp³-hybridized carbons (Fsp3) is 0.160. The van der Waals surface area contributed by atoms with Gasteiger partial charge in [0, 0.05) is 42.0 Å². The highest BCUT2D eigenvalue weighted by Crippen LogP contribution is 2.39. The van der Waals surface area contributed by atoms with Crippen LogP contribution in [0.15, 0.2) is 79.1 Å². The molecular formula is C25H21FN4O. The van der Waals surface area contributed by atoms with E-state index in [1.807, 2.05) is 42.5 Å². The maximum absolute atomic E-state index is 13.5. The molecule has 5 nitrogen and oxygen atoms in total. The van der Waals surface area contributed by atoms with Gasteiger partial charge in [-0.3, -0.25) is 9.78 Å². The molecule has 1 atom stereocenters. The van der Waals surface area contributed by atoms with Crippen LogP contribution in [0.25, 0.3) is 22.5 Å². The van der Waals surface area contributed by atoms with Crippen molar-refractivity contribution < 1.29 is 9.18 Å². The van der Waals surface area contributed by atoms with Gasteiger partial charge in [0.15, 0.2) is 0 Å². The molecule has 1 amide bonds. The second kappa shape index (κ2) is 8.14. The van der Waals surface area contributed by atoms with E-state index in [2.05, 4.69) is 14.9 Å². The molecule has 1 unspecified atom stereocenters. The third-order valence-corrected chi connectivity index (χ3v) is 5.66. The van der Waals surface area contributed by atoms with Crippen molar-refractivity contribution in [3.8, 4) is 22.5 Å². The van der Waals surface area contributed by atoms with Gasteiger partial charge >= 0.3 is 0 Å². The summed E-state index contributed by atoms with van der Waals surface area (Å²) < 4.78 is 15.7. The van der Waals surface area contributed by atoms with E-state index in [0.29, 0.717) is 12.1 Å². The number of imidazole rings is 1. The molecule has 0 spiro atoms. The quantitative estimate of drug-likeness (QED) is 0.518. The van der Waals surface area contributed by atoms with Crippen molar-refractivity contribution in [2.75, 3.05) is 6.54 Å². The Hall–Kier alpha value is -3.80. The van der Waals surface area contributed by atoms with Gasteiger partial charge in [0.1, 0.15) is 11.6 Å². The number of pyridine rings is 1. The van der Waals surface area contributed by atoms with Crippen LogP contribution < -0.4 is 5.32 Å². The van der Waals surface area contributed by atoms with Gasteiger partial charge < -0.3 is 9.88 Å². The van der Waals surface area contributed by atoms with Gasteiger partial charge in [-0.15, -0.1) is 0 Å². The number of hydrogen-bond donors (Lipinski definition) is 1. The number of amides is 1. The Morgan fingerprint density at radius 2 is 1.74 bits per heavy atom. The topological polar surface area (TPSA) is 59.8 Å². The van der Waals surface area contributed by atoms with Crippen molar-refractivity contribution in [2.45, 2.75) is 18.9 Å². The van der Waals surface area contributed by atoms with E-state index in [0.717, 1.165) is 41.2 Å². The van der Waals surface area contributed by atoms with E-state index in [1.54, 1.807) is 24.5 Å². The lowest BCUT2D eigenvalue weighted by atomic mass is 10.0. The molecule has 2 aromatic heterocycles. The molecule has 3 heterocycles. The number of fused-ring (bicyclic) bond motifs is 1. The van der Waals surface area contributed by atoms with E-state index in [4.69, 9.17) is 4.98 Å². The summed E-state index contributed by atoms with van der Waals surface area (Å²) in [6.07, 6.45) is 5.24. The number of rotatable bonds is 5. The maximum Gasteiger partial charge on any atom is 0.251 e. The Morgan fingerprint density at radius 3 is 2.48 bits per heavy atom. The van der Waals surface area contributed by atoms with Crippen molar-refractivity contribution in [2.24, 2.45) is 0 Å². The monoisotopic (exact) mass is 412 g/mol. The number of hydrogen-bond acceptors (Lipinski definition) is 3. The van der Waals surface area contributed by atoms with Crippen molar-refractivity contribution in [3.05, 3.63) is 96.3 Å². The zero-order valence-electron chi connectivity index (χ0n) is 16.8. The third-order valence-electron chi connectivity index (χ3n) is 5.66. The molecule has 6 heteroatoms. The number of aryl methyl sites for hydroxylation is 1. The first-order valence-electron chi connectivity index (χ1n) is 10.3. The summed E-state index contributed by atoms with van der Waals surface area (Å²) in [5.41, 5.74) is 4.30. The Kier molecular flexibility index (Phi) is 5.04. The standard InChI is InChI=1S/C25H21FN4O/c26-20-8-6-17(7-9-20)23-24(18-12-14-27-15-13-18)30-21(10-11-22(30)29-23)16-28-25(31)19-4-2-1-3-5-19/h1-9,12-15,21H,10-11,16H2,(H,28,31). The van der Waals surface area contributed by atoms with Crippen LogP contribution in [0.4, 0.5) is 4.39 Å². The van der Waals surface area contributed by atoms with E-state index in [1.165, 1.54) is 12.1 Å². The van der Waals surface area contributed by atoms with Crippen LogP contribution in [0, 0.1) is 5.82 Å². The number of carbonyl (C=O) groups excluding carboxylic acids is 1. The maximum atomic E-state index is 13.5. The summed E-state index contributed by atoms with van der Waals surface area (Å²) in [5, 5.41) is 3.07. The molecule has 0 saturated carbocycles. The van der Waals surface area contributed by atoms with E-state index >= 15 is 0 Å². The largest absolute Gasteiger partial charge is 0.350 e. The molecule has 0 bridgehead atoms. The molecule has 5 rings (SSSR count). The van der Waals surface area contributed by atoms with Crippen LogP contribution in [0.2, 0.25) is 0 Å². The average Bonchev–Trinajstić information content (AvgIpc) is 3.38. The molecule has 0 radical (unpaired) electrons. The second-order valence-corrected chi connectivity index (χ2v) is 7.61. The van der Waals surface area contributed by atoms with Gasteiger partial charge in [-0.05, 0) is 55.0 Å². The molecular weight excluding hydrogens is 391 g/mol. The number of nitrogens with one attached hydrogen (secondary N) is 1. The first-order chi connectivity index (χ1) is 15.2. The molecule has 4 aromatic rings. The highest BCUT2D eigenvalue weighted by Gasteiger charge is 2.30. The number of nitrogens with zero attached hydrogens (tertiary/aromatic N) is 3. The first-order valence-corrected chi connectivity index (χ1v) is 10.3. The zero-order valence-corrected chi connectivity index (χ0v) is 16.8. The van der Waals surface area contributed by atoms with Gasteiger partial charge in [0.2, 0.25) is 0 Å². The van der Waals surface area contributed by atoms with Crippen LogP contribution in [-0.2, 0) is 6.42 Å². The molecule has 1 N–H and O–H groups in total. The smallest absolute Gasteiger partial charge is 0.251 e. The fourth-order valence-electron chi connectivity index (χ4n) is 4.16. The Bertz CT molecular complexity index is 1200. The van der Waals surface area contributed by atoms with Crippen LogP contribution in [0.1, 0.15) is 28.6 Å². The molecule has 0 fully saturated rings. The number of carbonyl (C=O) groups is 1. The van der Waals surface area contributed by atoms with Gasteiger partial charge in [-0.1, -0.05) is 18.2 Å². The summed E-state index contributed by atoms with van der Waals surface area (Å²) in [6.45, 7) is 0.512. The van der Waals surface area contributed by atoms with Crippen molar-refractivity contribution in [1.29, 1.82) is 0 Å². The average molecular weight is 412 g/mol. The molecule has 31 heavy (non-hydrogen) atoms. The molecule has 1 aliphatic rings. The van der Waals surface area contributed by atoms with Gasteiger partial charge in [0.25, 0.3) is 5.91 Å². The highest BCUT2D eigenvalue weighted by atomic mass is 19.1. The molecule has 1 aliphatic heterocycles. The van der Waals surface area contributed by atoms with Crippen molar-refractivity contribution >= 4 is 5.91 Å². The number of aromatic nitrogens is 3. The van der Waals surface area contributed by atoms with Crippen LogP contribution >= 0.6 is 0 Å². The van der Waals surface area contributed by atoms with Crippen LogP contribution in [-0.4, -0.2) is 27.0 Å².